The van der Waals surface area contributed by atoms with Crippen molar-refractivity contribution in [2.24, 2.45) is 0 Å². The summed E-state index contributed by atoms with van der Waals surface area (Å²) in [4.78, 5) is 1.29. The molecular weight excluding hydrogens is 298 g/mol. The molecule has 3 unspecified atom stereocenters. The smallest absolute Gasteiger partial charge is 0.0444 e. The second-order valence-corrected chi connectivity index (χ2v) is 7.39. The van der Waals surface area contributed by atoms with Gasteiger partial charge >= 0.3 is 0 Å². The van der Waals surface area contributed by atoms with Crippen molar-refractivity contribution in [2.45, 2.75) is 35.4 Å². The summed E-state index contributed by atoms with van der Waals surface area (Å²) in [6.07, 6.45) is 1.19. The molecule has 0 aliphatic heterocycles. The lowest BCUT2D eigenvalue weighted by molar-refractivity contribution is 0.473. The predicted molar refractivity (Wildman–Crippen MR) is 92.4 cm³/mol. The first kappa shape index (κ1) is 15.0. The van der Waals surface area contributed by atoms with Crippen molar-refractivity contribution in [3.8, 4) is 0 Å². The lowest BCUT2D eigenvalue weighted by atomic mass is 9.81. The summed E-state index contributed by atoms with van der Waals surface area (Å²) in [6, 6.07) is 17.4. The highest BCUT2D eigenvalue weighted by Crippen LogP contribution is 2.44. The summed E-state index contributed by atoms with van der Waals surface area (Å²) >= 11 is 7.93. The number of fused-ring (bicyclic) bond motifs is 1. The number of rotatable bonds is 3. The number of thioether (sulfide) groups is 1. The fourth-order valence-electron chi connectivity index (χ4n) is 3.20. The fraction of sp³-hybridized carbons (Fsp3) is 0.333. The standard InChI is InChI=1S/C18H20ClNS/c1-12-11-17(21-14-9-7-13(19)8-10-14)18(20-2)16-6-4-3-5-15(12)16/h3-10,12,17-18,20H,11H2,1-2H3. The van der Waals surface area contributed by atoms with Crippen molar-refractivity contribution < 1.29 is 0 Å². The Kier molecular flexibility index (Phi) is 4.58. The van der Waals surface area contributed by atoms with Gasteiger partial charge in [-0.1, -0.05) is 42.8 Å². The zero-order valence-electron chi connectivity index (χ0n) is 12.3. The highest BCUT2D eigenvalue weighted by molar-refractivity contribution is 8.00. The molecule has 0 fully saturated rings. The molecule has 3 atom stereocenters. The van der Waals surface area contributed by atoms with Gasteiger partial charge in [0.25, 0.3) is 0 Å². The summed E-state index contributed by atoms with van der Waals surface area (Å²) in [5.74, 6) is 0.607. The third-order valence-electron chi connectivity index (χ3n) is 4.23. The van der Waals surface area contributed by atoms with E-state index in [9.17, 15) is 0 Å². The van der Waals surface area contributed by atoms with Gasteiger partial charge in [-0.15, -0.1) is 11.8 Å². The quantitative estimate of drug-likeness (QED) is 0.827. The van der Waals surface area contributed by atoms with Crippen molar-refractivity contribution in [1.82, 2.24) is 5.32 Å². The Morgan fingerprint density at radius 1 is 1.05 bits per heavy atom. The molecular formula is C18H20ClNS. The van der Waals surface area contributed by atoms with Crippen molar-refractivity contribution >= 4 is 23.4 Å². The van der Waals surface area contributed by atoms with Crippen LogP contribution in [0.2, 0.25) is 5.02 Å². The largest absolute Gasteiger partial charge is 0.312 e. The second kappa shape index (κ2) is 6.43. The number of halogens is 1. The summed E-state index contributed by atoms with van der Waals surface area (Å²) in [7, 11) is 2.06. The number of hydrogen-bond donors (Lipinski definition) is 1. The Morgan fingerprint density at radius 2 is 1.71 bits per heavy atom. The van der Waals surface area contributed by atoms with E-state index in [0.29, 0.717) is 17.2 Å². The average Bonchev–Trinajstić information content (AvgIpc) is 2.50. The molecule has 0 bridgehead atoms. The van der Waals surface area contributed by atoms with Gasteiger partial charge in [0.1, 0.15) is 0 Å². The molecule has 1 aliphatic carbocycles. The first-order valence-corrected chi connectivity index (χ1v) is 8.63. The molecule has 0 spiro atoms. The molecule has 0 radical (unpaired) electrons. The van der Waals surface area contributed by atoms with Crippen molar-refractivity contribution in [3.05, 3.63) is 64.7 Å². The summed E-state index contributed by atoms with van der Waals surface area (Å²) in [5, 5.41) is 4.86. The summed E-state index contributed by atoms with van der Waals surface area (Å²) < 4.78 is 0. The van der Waals surface area contributed by atoms with Crippen molar-refractivity contribution in [3.63, 3.8) is 0 Å². The van der Waals surface area contributed by atoms with Gasteiger partial charge in [0.15, 0.2) is 0 Å². The van der Waals surface area contributed by atoms with Crippen LogP contribution in [0, 0.1) is 0 Å². The average molecular weight is 318 g/mol. The topological polar surface area (TPSA) is 12.0 Å². The van der Waals surface area contributed by atoms with E-state index in [1.165, 1.54) is 22.4 Å². The SMILES string of the molecule is CNC1c2ccccc2C(C)CC1Sc1ccc(Cl)cc1. The van der Waals surface area contributed by atoms with Crippen LogP contribution in [0.3, 0.4) is 0 Å². The van der Waals surface area contributed by atoms with Gasteiger partial charge in [-0.05, 0) is 54.8 Å². The Labute approximate surface area is 136 Å². The maximum Gasteiger partial charge on any atom is 0.0444 e. The maximum absolute atomic E-state index is 5.98. The minimum Gasteiger partial charge on any atom is -0.312 e. The predicted octanol–water partition coefficient (Wildman–Crippen LogP) is 5.27. The summed E-state index contributed by atoms with van der Waals surface area (Å²) in [5.41, 5.74) is 2.94. The van der Waals surface area contributed by atoms with Crippen LogP contribution in [-0.4, -0.2) is 12.3 Å². The fourth-order valence-corrected chi connectivity index (χ4v) is 4.77. The van der Waals surface area contributed by atoms with Gasteiger partial charge in [0.2, 0.25) is 0 Å². The minimum absolute atomic E-state index is 0.401. The molecule has 2 aromatic rings. The third-order valence-corrected chi connectivity index (χ3v) is 5.80. The molecule has 0 aromatic heterocycles. The highest BCUT2D eigenvalue weighted by Gasteiger charge is 2.32. The van der Waals surface area contributed by atoms with Crippen LogP contribution in [0.15, 0.2) is 53.4 Å². The summed E-state index contributed by atoms with van der Waals surface area (Å²) in [6.45, 7) is 2.33. The Hall–Kier alpha value is -0.960. The maximum atomic E-state index is 5.98. The van der Waals surface area contributed by atoms with Gasteiger partial charge in [-0.25, -0.2) is 0 Å². The molecule has 3 rings (SSSR count). The van der Waals surface area contributed by atoms with Crippen LogP contribution in [-0.2, 0) is 0 Å². The first-order valence-electron chi connectivity index (χ1n) is 7.37. The molecule has 3 heteroatoms. The second-order valence-electron chi connectivity index (χ2n) is 5.64. The Bertz CT molecular complexity index is 611. The van der Waals surface area contributed by atoms with Crippen molar-refractivity contribution in [2.75, 3.05) is 7.05 Å². The van der Waals surface area contributed by atoms with Gasteiger partial charge < -0.3 is 5.32 Å². The van der Waals surface area contributed by atoms with E-state index in [0.717, 1.165) is 5.02 Å². The van der Waals surface area contributed by atoms with Crippen molar-refractivity contribution in [1.29, 1.82) is 0 Å². The van der Waals surface area contributed by atoms with Crippen LogP contribution in [0.5, 0.6) is 0 Å². The Morgan fingerprint density at radius 3 is 2.38 bits per heavy atom. The van der Waals surface area contributed by atoms with E-state index >= 15 is 0 Å². The third kappa shape index (κ3) is 3.13. The van der Waals surface area contributed by atoms with E-state index in [4.69, 9.17) is 11.6 Å². The zero-order chi connectivity index (χ0) is 14.8. The lowest BCUT2D eigenvalue weighted by Crippen LogP contribution is -2.33. The van der Waals surface area contributed by atoms with Gasteiger partial charge in [0, 0.05) is 21.2 Å². The van der Waals surface area contributed by atoms with E-state index in [-0.39, 0.29) is 0 Å². The molecule has 110 valence electrons. The minimum atomic E-state index is 0.401. The molecule has 2 aromatic carbocycles. The monoisotopic (exact) mass is 317 g/mol. The van der Waals surface area contributed by atoms with E-state index in [1.807, 2.05) is 23.9 Å². The first-order chi connectivity index (χ1) is 10.2. The van der Waals surface area contributed by atoms with Gasteiger partial charge in [-0.3, -0.25) is 0 Å². The number of nitrogens with one attached hydrogen (secondary N) is 1. The zero-order valence-corrected chi connectivity index (χ0v) is 13.9. The molecule has 0 saturated heterocycles. The Balaban J connectivity index is 1.87. The molecule has 1 nitrogen and oxygen atoms in total. The molecule has 21 heavy (non-hydrogen) atoms. The van der Waals surface area contributed by atoms with Gasteiger partial charge in [-0.2, -0.15) is 0 Å². The molecule has 0 heterocycles. The molecule has 0 saturated carbocycles. The lowest BCUT2D eigenvalue weighted by Gasteiger charge is -2.36. The highest BCUT2D eigenvalue weighted by atomic mass is 35.5. The van der Waals surface area contributed by atoms with Crippen LogP contribution < -0.4 is 5.32 Å². The van der Waals surface area contributed by atoms with Crippen LogP contribution in [0.1, 0.15) is 36.4 Å². The van der Waals surface area contributed by atoms with E-state index < -0.39 is 0 Å². The molecule has 1 aliphatic rings. The molecule has 1 N–H and O–H groups in total. The van der Waals surface area contributed by atoms with Crippen LogP contribution in [0.25, 0.3) is 0 Å². The number of hydrogen-bond acceptors (Lipinski definition) is 2. The van der Waals surface area contributed by atoms with E-state index in [2.05, 4.69) is 55.7 Å². The molecule has 0 amide bonds. The van der Waals surface area contributed by atoms with Gasteiger partial charge in [0.05, 0.1) is 0 Å². The van der Waals surface area contributed by atoms with Crippen LogP contribution in [0.4, 0.5) is 0 Å². The van der Waals surface area contributed by atoms with E-state index in [1.54, 1.807) is 0 Å². The van der Waals surface area contributed by atoms with Crippen LogP contribution >= 0.6 is 23.4 Å². The normalized spacial score (nSPS) is 24.6. The number of benzene rings is 2.